The van der Waals surface area contributed by atoms with Crippen LogP contribution in [0.5, 0.6) is 0 Å². The van der Waals surface area contributed by atoms with Crippen LogP contribution in [0.3, 0.4) is 0 Å². The summed E-state index contributed by atoms with van der Waals surface area (Å²) in [6.45, 7) is 2.01. The molecule has 1 heterocycles. The standard InChI is InChI=1S/C15H16N3S/c1-9-6-14-13(8-11(9)16)17-12-5-4-10(18(2)3)7-15(12)19-14/h4-7,17H,16H2,1-3H3/q+1. The highest BCUT2D eigenvalue weighted by Gasteiger charge is 2.28. The van der Waals surface area contributed by atoms with E-state index in [4.69, 9.17) is 5.73 Å². The second-order valence-electron chi connectivity index (χ2n) is 4.91. The first-order valence-electron chi connectivity index (χ1n) is 6.13. The molecule has 0 unspecified atom stereocenters. The summed E-state index contributed by atoms with van der Waals surface area (Å²) in [6, 6.07) is 6.40. The number of thioether (sulfide) groups is 1. The third-order valence-corrected chi connectivity index (χ3v) is 4.34. The lowest BCUT2D eigenvalue weighted by molar-refractivity contribution is 1.12. The summed E-state index contributed by atoms with van der Waals surface area (Å²) in [4.78, 5) is 4.52. The van der Waals surface area contributed by atoms with Gasteiger partial charge in [0.2, 0.25) is 11.4 Å². The molecule has 3 rings (SSSR count). The van der Waals surface area contributed by atoms with Gasteiger partial charge in [0.25, 0.3) is 0 Å². The highest BCUT2D eigenvalue weighted by molar-refractivity contribution is 8.03. The molecule has 3 nitrogen and oxygen atoms in total. The molecule has 19 heavy (non-hydrogen) atoms. The van der Waals surface area contributed by atoms with Crippen LogP contribution in [0.1, 0.15) is 6.92 Å². The molecule has 0 amide bonds. The predicted octanol–water partition coefficient (Wildman–Crippen LogP) is 3.09. The molecule has 0 aromatic heterocycles. The second kappa shape index (κ2) is 4.34. The quantitative estimate of drug-likeness (QED) is 0.770. The number of nitrogens with one attached hydrogen (secondary N) is 1. The van der Waals surface area contributed by atoms with Gasteiger partial charge in [-0.1, -0.05) is 0 Å². The molecule has 1 aromatic rings. The molecule has 0 saturated heterocycles. The Morgan fingerprint density at radius 3 is 2.84 bits per heavy atom. The van der Waals surface area contributed by atoms with Crippen molar-refractivity contribution in [3.8, 4) is 0 Å². The van der Waals surface area contributed by atoms with Crippen molar-refractivity contribution in [2.24, 2.45) is 5.73 Å². The van der Waals surface area contributed by atoms with Crippen LogP contribution in [0.2, 0.25) is 0 Å². The molecule has 0 saturated carbocycles. The van der Waals surface area contributed by atoms with E-state index in [-0.39, 0.29) is 0 Å². The number of hydrogen-bond donors (Lipinski definition) is 2. The zero-order valence-corrected chi connectivity index (χ0v) is 12.1. The van der Waals surface area contributed by atoms with Crippen molar-refractivity contribution in [2.45, 2.75) is 11.8 Å². The highest BCUT2D eigenvalue weighted by Crippen LogP contribution is 2.43. The van der Waals surface area contributed by atoms with Crippen molar-refractivity contribution < 1.29 is 0 Å². The Bertz CT molecular complexity index is 639. The molecule has 2 aliphatic rings. The molecule has 0 atom stereocenters. The van der Waals surface area contributed by atoms with Crippen LogP contribution >= 0.6 is 11.8 Å². The molecule has 96 valence electrons. The topological polar surface area (TPSA) is 41.3 Å². The minimum absolute atomic E-state index is 0.709. The summed E-state index contributed by atoms with van der Waals surface area (Å²) in [5, 5.41) is 3.40. The van der Waals surface area contributed by atoms with Gasteiger partial charge in [-0.25, -0.2) is 0 Å². The normalized spacial score (nSPS) is 16.6. The molecular formula is C15H16N3S+. The Kier molecular flexibility index (Phi) is 2.77. The smallest absolute Gasteiger partial charge is 0.224 e. The van der Waals surface area contributed by atoms with Gasteiger partial charge < -0.3 is 16.0 Å². The van der Waals surface area contributed by atoms with Crippen molar-refractivity contribution in [1.82, 2.24) is 0 Å². The van der Waals surface area contributed by atoms with Crippen LogP contribution in [0, 0.1) is 6.08 Å². The van der Waals surface area contributed by atoms with Crippen LogP contribution in [-0.4, -0.2) is 14.1 Å². The van der Waals surface area contributed by atoms with E-state index >= 15 is 0 Å². The highest BCUT2D eigenvalue weighted by atomic mass is 32.2. The molecule has 0 radical (unpaired) electrons. The molecule has 1 aliphatic carbocycles. The fraction of sp³-hybridized carbons (Fsp3) is 0.200. The van der Waals surface area contributed by atoms with Gasteiger partial charge in [0.05, 0.1) is 28.3 Å². The van der Waals surface area contributed by atoms with E-state index < -0.39 is 0 Å². The fourth-order valence-electron chi connectivity index (χ4n) is 2.04. The third kappa shape index (κ3) is 2.09. The molecular weight excluding hydrogens is 254 g/mol. The predicted molar refractivity (Wildman–Crippen MR) is 82.0 cm³/mol. The van der Waals surface area contributed by atoms with Gasteiger partial charge in [-0.2, -0.15) is 0 Å². The number of rotatable bonds is 1. The number of anilines is 2. The zero-order valence-electron chi connectivity index (χ0n) is 11.2. The summed E-state index contributed by atoms with van der Waals surface area (Å²) in [5.74, 6) is 0. The Balaban J connectivity index is 2.01. The summed E-state index contributed by atoms with van der Waals surface area (Å²) < 4.78 is 0. The number of allylic oxidation sites excluding steroid dienone is 3. The maximum atomic E-state index is 5.92. The second-order valence-corrected chi connectivity index (χ2v) is 5.99. The SMILES string of the molecule is CC1=CC2=C([C+]=C1N)Nc1ccc(N(C)C)cc1S2. The third-order valence-electron chi connectivity index (χ3n) is 3.24. The Morgan fingerprint density at radius 1 is 1.32 bits per heavy atom. The first-order valence-corrected chi connectivity index (χ1v) is 6.95. The molecule has 1 aliphatic heterocycles. The minimum Gasteiger partial charge on any atom is -0.378 e. The summed E-state index contributed by atoms with van der Waals surface area (Å²) in [6.07, 6.45) is 5.32. The average molecular weight is 270 g/mol. The van der Waals surface area contributed by atoms with E-state index in [9.17, 15) is 0 Å². The number of nitrogens with two attached hydrogens (primary N) is 1. The number of hydrogen-bond acceptors (Lipinski definition) is 4. The summed E-state index contributed by atoms with van der Waals surface area (Å²) in [5.41, 5.74) is 11.0. The summed E-state index contributed by atoms with van der Waals surface area (Å²) >= 11 is 1.76. The lowest BCUT2D eigenvalue weighted by Crippen LogP contribution is -2.14. The number of nitrogens with zero attached hydrogens (tertiary/aromatic N) is 1. The van der Waals surface area contributed by atoms with E-state index in [1.54, 1.807) is 11.8 Å². The van der Waals surface area contributed by atoms with Crippen molar-refractivity contribution in [1.29, 1.82) is 0 Å². The van der Waals surface area contributed by atoms with Crippen molar-refractivity contribution in [3.05, 3.63) is 52.2 Å². The van der Waals surface area contributed by atoms with E-state index in [0.717, 1.165) is 17.0 Å². The van der Waals surface area contributed by atoms with Gasteiger partial charge in [-0.3, -0.25) is 0 Å². The molecule has 0 fully saturated rings. The van der Waals surface area contributed by atoms with Crippen LogP contribution in [0.15, 0.2) is 51.0 Å². The van der Waals surface area contributed by atoms with E-state index in [0.29, 0.717) is 5.70 Å². The van der Waals surface area contributed by atoms with E-state index in [2.05, 4.69) is 54.7 Å². The lowest BCUT2D eigenvalue weighted by atomic mass is 10.1. The van der Waals surface area contributed by atoms with Gasteiger partial charge in [0, 0.05) is 26.7 Å². The van der Waals surface area contributed by atoms with Gasteiger partial charge in [0.15, 0.2) is 4.91 Å². The molecule has 3 N–H and O–H groups in total. The van der Waals surface area contributed by atoms with Crippen molar-refractivity contribution in [2.75, 3.05) is 24.3 Å². The zero-order chi connectivity index (χ0) is 13.6. The first-order chi connectivity index (χ1) is 9.04. The number of fused-ring (bicyclic) bond motifs is 1. The number of benzene rings is 1. The average Bonchev–Trinajstić information content (AvgIpc) is 2.37. The monoisotopic (exact) mass is 270 g/mol. The van der Waals surface area contributed by atoms with Gasteiger partial charge in [-0.15, -0.1) is 0 Å². The minimum atomic E-state index is 0.709. The van der Waals surface area contributed by atoms with Crippen molar-refractivity contribution in [3.63, 3.8) is 0 Å². The fourth-order valence-corrected chi connectivity index (χ4v) is 3.13. The molecule has 0 bridgehead atoms. The summed E-state index contributed by atoms with van der Waals surface area (Å²) in [7, 11) is 4.10. The van der Waals surface area contributed by atoms with E-state index in [1.165, 1.54) is 15.5 Å². The van der Waals surface area contributed by atoms with E-state index in [1.807, 2.05) is 6.92 Å². The maximum Gasteiger partial charge on any atom is 0.224 e. The van der Waals surface area contributed by atoms with Crippen LogP contribution in [-0.2, 0) is 0 Å². The van der Waals surface area contributed by atoms with Crippen molar-refractivity contribution >= 4 is 23.1 Å². The van der Waals surface area contributed by atoms with Crippen LogP contribution in [0.4, 0.5) is 11.4 Å². The van der Waals surface area contributed by atoms with Gasteiger partial charge in [0.1, 0.15) is 0 Å². The molecule has 0 spiro atoms. The molecule has 4 heteroatoms. The largest absolute Gasteiger partial charge is 0.378 e. The Morgan fingerprint density at radius 2 is 2.11 bits per heavy atom. The lowest BCUT2D eigenvalue weighted by Gasteiger charge is -2.20. The Hall–Kier alpha value is -1.90. The molecule has 1 aromatic carbocycles. The Labute approximate surface area is 117 Å². The van der Waals surface area contributed by atoms with Crippen LogP contribution in [0.25, 0.3) is 0 Å². The van der Waals surface area contributed by atoms with Crippen LogP contribution < -0.4 is 16.0 Å². The first kappa shape index (κ1) is 12.2. The van der Waals surface area contributed by atoms with Gasteiger partial charge >= 0.3 is 0 Å². The van der Waals surface area contributed by atoms with Gasteiger partial charge in [-0.05, 0) is 30.0 Å². The maximum absolute atomic E-state index is 5.92.